The fourth-order valence-corrected chi connectivity index (χ4v) is 2.32. The number of hydrogen-bond donors (Lipinski definition) is 1. The molecular weight excluding hydrogens is 337 g/mol. The molecule has 2 aromatic rings. The lowest BCUT2D eigenvalue weighted by molar-refractivity contribution is -0.148. The number of hydrogen-bond acceptors (Lipinski definition) is 4. The molecule has 0 aliphatic carbocycles. The first-order valence-corrected chi connectivity index (χ1v) is 8.24. The quantitative estimate of drug-likeness (QED) is 0.582. The van der Waals surface area contributed by atoms with Gasteiger partial charge in [-0.15, -0.1) is 0 Å². The van der Waals surface area contributed by atoms with Gasteiger partial charge in [0.15, 0.2) is 12.4 Å². The highest BCUT2D eigenvalue weighted by molar-refractivity contribution is 5.97. The highest BCUT2D eigenvalue weighted by Gasteiger charge is 2.13. The molecule has 0 heterocycles. The monoisotopic (exact) mass is 357 g/mol. The molecule has 136 valence electrons. The van der Waals surface area contributed by atoms with E-state index in [1.165, 1.54) is 24.3 Å². The van der Waals surface area contributed by atoms with Crippen LogP contribution in [-0.2, 0) is 14.3 Å². The van der Waals surface area contributed by atoms with Gasteiger partial charge in [-0.2, -0.15) is 0 Å². The SMILES string of the molecule is C[C@H](NC(=O)COC(=O)CCC(=O)c1ccc(F)cc1)c1ccccc1. The van der Waals surface area contributed by atoms with Crippen LogP contribution in [0.15, 0.2) is 54.6 Å². The largest absolute Gasteiger partial charge is 0.456 e. The zero-order valence-corrected chi connectivity index (χ0v) is 14.4. The van der Waals surface area contributed by atoms with E-state index in [0.717, 1.165) is 5.56 Å². The van der Waals surface area contributed by atoms with Gasteiger partial charge in [-0.1, -0.05) is 30.3 Å². The Bertz CT molecular complexity index is 759. The van der Waals surface area contributed by atoms with Crippen molar-refractivity contribution in [2.45, 2.75) is 25.8 Å². The van der Waals surface area contributed by atoms with E-state index in [0.29, 0.717) is 5.56 Å². The number of esters is 1. The maximum atomic E-state index is 12.8. The standard InChI is InChI=1S/C20H20FNO4/c1-14(15-5-3-2-4-6-15)22-19(24)13-26-20(25)12-11-18(23)16-7-9-17(21)10-8-16/h2-10,14H,11-13H2,1H3,(H,22,24)/t14-/m0/s1. The van der Waals surface area contributed by atoms with E-state index >= 15 is 0 Å². The predicted molar refractivity (Wildman–Crippen MR) is 93.9 cm³/mol. The second kappa shape index (κ2) is 9.46. The minimum Gasteiger partial charge on any atom is -0.456 e. The number of ketones is 1. The van der Waals surface area contributed by atoms with E-state index < -0.39 is 24.3 Å². The first kappa shape index (κ1) is 19.3. The van der Waals surface area contributed by atoms with Gasteiger partial charge < -0.3 is 10.1 Å². The molecular formula is C20H20FNO4. The number of ether oxygens (including phenoxy) is 1. The Morgan fingerprint density at radius 1 is 1.00 bits per heavy atom. The molecule has 1 N–H and O–H groups in total. The molecule has 0 aliphatic heterocycles. The molecule has 2 rings (SSSR count). The van der Waals surface area contributed by atoms with Gasteiger partial charge in [0.2, 0.25) is 0 Å². The third kappa shape index (κ3) is 6.12. The molecule has 26 heavy (non-hydrogen) atoms. The van der Waals surface area contributed by atoms with Crippen molar-refractivity contribution in [1.29, 1.82) is 0 Å². The minimum absolute atomic E-state index is 0.0630. The van der Waals surface area contributed by atoms with Crippen LogP contribution < -0.4 is 5.32 Å². The summed E-state index contributed by atoms with van der Waals surface area (Å²) in [6, 6.07) is 14.3. The molecule has 0 bridgehead atoms. The van der Waals surface area contributed by atoms with E-state index in [4.69, 9.17) is 4.74 Å². The van der Waals surface area contributed by atoms with Gasteiger partial charge in [-0.05, 0) is 36.8 Å². The molecule has 0 aliphatic rings. The number of benzene rings is 2. The highest BCUT2D eigenvalue weighted by Crippen LogP contribution is 2.11. The number of amides is 1. The molecule has 1 atom stereocenters. The van der Waals surface area contributed by atoms with Gasteiger partial charge >= 0.3 is 5.97 Å². The Balaban J connectivity index is 1.70. The maximum Gasteiger partial charge on any atom is 0.306 e. The molecule has 2 aromatic carbocycles. The molecule has 0 saturated heterocycles. The topological polar surface area (TPSA) is 72.5 Å². The molecule has 5 nitrogen and oxygen atoms in total. The van der Waals surface area contributed by atoms with Gasteiger partial charge in [0, 0.05) is 12.0 Å². The van der Waals surface area contributed by atoms with Gasteiger partial charge in [0.25, 0.3) is 5.91 Å². The fourth-order valence-electron chi connectivity index (χ4n) is 2.32. The molecule has 0 unspecified atom stereocenters. The molecule has 0 fully saturated rings. The summed E-state index contributed by atoms with van der Waals surface area (Å²) in [7, 11) is 0. The Hall–Kier alpha value is -3.02. The van der Waals surface area contributed by atoms with Crippen LogP contribution in [0.25, 0.3) is 0 Å². The third-order valence-corrected chi connectivity index (χ3v) is 3.76. The van der Waals surface area contributed by atoms with Gasteiger partial charge in [0.1, 0.15) is 5.82 Å². The summed E-state index contributed by atoms with van der Waals surface area (Å²) in [4.78, 5) is 35.4. The number of Topliss-reactive ketones (excluding diaryl/α,β-unsaturated/α-hetero) is 1. The summed E-state index contributed by atoms with van der Waals surface area (Å²) in [6.07, 6.45) is -0.204. The molecule has 0 aromatic heterocycles. The average Bonchev–Trinajstić information content (AvgIpc) is 2.65. The lowest BCUT2D eigenvalue weighted by atomic mass is 10.1. The van der Waals surface area contributed by atoms with Crippen molar-refractivity contribution in [2.24, 2.45) is 0 Å². The fraction of sp³-hybridized carbons (Fsp3) is 0.250. The van der Waals surface area contributed by atoms with Gasteiger partial charge in [-0.3, -0.25) is 14.4 Å². The maximum absolute atomic E-state index is 12.8. The Labute approximate surface area is 151 Å². The van der Waals surface area contributed by atoms with Crippen LogP contribution in [0.2, 0.25) is 0 Å². The number of carbonyl (C=O) groups is 3. The van der Waals surface area contributed by atoms with Crippen molar-refractivity contribution < 1.29 is 23.5 Å². The zero-order valence-electron chi connectivity index (χ0n) is 14.4. The Morgan fingerprint density at radius 3 is 2.31 bits per heavy atom. The average molecular weight is 357 g/mol. The number of halogens is 1. The first-order valence-electron chi connectivity index (χ1n) is 8.24. The van der Waals surface area contributed by atoms with Crippen LogP contribution in [0.4, 0.5) is 4.39 Å². The van der Waals surface area contributed by atoms with Crippen LogP contribution in [-0.4, -0.2) is 24.3 Å². The van der Waals surface area contributed by atoms with Crippen molar-refractivity contribution in [3.05, 3.63) is 71.5 Å². The van der Waals surface area contributed by atoms with E-state index in [1.807, 2.05) is 37.3 Å². The molecule has 0 saturated carbocycles. The molecule has 6 heteroatoms. The summed E-state index contributed by atoms with van der Waals surface area (Å²) in [5, 5.41) is 2.73. The third-order valence-electron chi connectivity index (χ3n) is 3.76. The van der Waals surface area contributed by atoms with Crippen LogP contribution in [0.1, 0.15) is 41.7 Å². The Kier molecular flexibility index (Phi) is 7.02. The summed E-state index contributed by atoms with van der Waals surface area (Å²) in [5.41, 5.74) is 1.27. The van der Waals surface area contributed by atoms with Crippen molar-refractivity contribution in [3.8, 4) is 0 Å². The van der Waals surface area contributed by atoms with Crippen LogP contribution >= 0.6 is 0 Å². The van der Waals surface area contributed by atoms with Crippen LogP contribution in [0, 0.1) is 5.82 Å². The normalized spacial score (nSPS) is 11.5. The van der Waals surface area contributed by atoms with Crippen molar-refractivity contribution in [1.82, 2.24) is 5.32 Å². The summed E-state index contributed by atoms with van der Waals surface area (Å²) in [6.45, 7) is 1.43. The Morgan fingerprint density at radius 2 is 1.65 bits per heavy atom. The second-order valence-electron chi connectivity index (χ2n) is 5.79. The van der Waals surface area contributed by atoms with Gasteiger partial charge in [0.05, 0.1) is 12.5 Å². The van der Waals surface area contributed by atoms with E-state index in [-0.39, 0.29) is 24.7 Å². The second-order valence-corrected chi connectivity index (χ2v) is 5.79. The predicted octanol–water partition coefficient (Wildman–Crippen LogP) is 3.21. The summed E-state index contributed by atoms with van der Waals surface area (Å²) in [5.74, 6) is -1.77. The lowest BCUT2D eigenvalue weighted by Gasteiger charge is -2.14. The summed E-state index contributed by atoms with van der Waals surface area (Å²) < 4.78 is 17.7. The van der Waals surface area contributed by atoms with E-state index in [1.54, 1.807) is 0 Å². The summed E-state index contributed by atoms with van der Waals surface area (Å²) >= 11 is 0. The van der Waals surface area contributed by atoms with E-state index in [2.05, 4.69) is 5.32 Å². The number of carbonyl (C=O) groups excluding carboxylic acids is 3. The van der Waals surface area contributed by atoms with E-state index in [9.17, 15) is 18.8 Å². The number of rotatable bonds is 8. The smallest absolute Gasteiger partial charge is 0.306 e. The van der Waals surface area contributed by atoms with Crippen molar-refractivity contribution in [3.63, 3.8) is 0 Å². The number of nitrogens with one attached hydrogen (secondary N) is 1. The van der Waals surface area contributed by atoms with Crippen molar-refractivity contribution in [2.75, 3.05) is 6.61 Å². The zero-order chi connectivity index (χ0) is 18.9. The molecule has 0 radical (unpaired) electrons. The minimum atomic E-state index is -0.636. The highest BCUT2D eigenvalue weighted by atomic mass is 19.1. The first-order chi connectivity index (χ1) is 12.5. The van der Waals surface area contributed by atoms with Crippen LogP contribution in [0.3, 0.4) is 0 Å². The molecule has 0 spiro atoms. The van der Waals surface area contributed by atoms with Crippen molar-refractivity contribution >= 4 is 17.7 Å². The van der Waals surface area contributed by atoms with Crippen LogP contribution in [0.5, 0.6) is 0 Å². The van der Waals surface area contributed by atoms with Gasteiger partial charge in [-0.25, -0.2) is 4.39 Å². The molecule has 1 amide bonds. The lowest BCUT2D eigenvalue weighted by Crippen LogP contribution is -2.31.